The molecule has 2 rings (SSSR count). The summed E-state index contributed by atoms with van der Waals surface area (Å²) < 4.78 is 2.91. The van der Waals surface area contributed by atoms with Gasteiger partial charge in [0.1, 0.15) is 12.2 Å². The first-order valence-corrected chi connectivity index (χ1v) is 4.24. The molecular weight excluding hydrogens is 180 g/mol. The van der Waals surface area contributed by atoms with E-state index in [0.717, 1.165) is 5.69 Å². The van der Waals surface area contributed by atoms with Crippen LogP contribution in [0.2, 0.25) is 0 Å². The zero-order chi connectivity index (χ0) is 10.1. The summed E-state index contributed by atoms with van der Waals surface area (Å²) in [7, 11) is 0. The monoisotopic (exact) mass is 190 g/mol. The third-order valence-corrected chi connectivity index (χ3v) is 1.93. The molecule has 0 N–H and O–H groups in total. The molecule has 5 heteroatoms. The van der Waals surface area contributed by atoms with Crippen LogP contribution in [0.15, 0.2) is 24.9 Å². The van der Waals surface area contributed by atoms with E-state index in [1.165, 1.54) is 15.5 Å². The van der Waals surface area contributed by atoms with Crippen LogP contribution in [-0.4, -0.2) is 25.1 Å². The minimum absolute atomic E-state index is 0.166. The lowest BCUT2D eigenvalue weighted by Gasteiger charge is -2.02. The van der Waals surface area contributed by atoms with Gasteiger partial charge in [0.05, 0.1) is 5.69 Å². The summed E-state index contributed by atoms with van der Waals surface area (Å²) in [6.45, 7) is 3.65. The first-order valence-electron chi connectivity index (χ1n) is 4.24. The molecule has 0 aliphatic heterocycles. The minimum atomic E-state index is -0.166. The van der Waals surface area contributed by atoms with Crippen LogP contribution in [0.5, 0.6) is 0 Å². The van der Waals surface area contributed by atoms with Crippen LogP contribution in [0.3, 0.4) is 0 Å². The van der Waals surface area contributed by atoms with Gasteiger partial charge in [0, 0.05) is 18.6 Å². The molecule has 0 atom stereocenters. The van der Waals surface area contributed by atoms with Gasteiger partial charge in [0.2, 0.25) is 0 Å². The molecule has 0 unspecified atom stereocenters. The maximum atomic E-state index is 11.8. The number of carbonyl (C=O) groups is 1. The van der Waals surface area contributed by atoms with E-state index in [2.05, 4.69) is 9.97 Å². The fraction of sp³-hybridized carbons (Fsp3) is 0.222. The lowest BCUT2D eigenvalue weighted by Crippen LogP contribution is -2.18. The van der Waals surface area contributed by atoms with Gasteiger partial charge in [-0.2, -0.15) is 0 Å². The highest BCUT2D eigenvalue weighted by molar-refractivity contribution is 5.79. The van der Waals surface area contributed by atoms with Gasteiger partial charge in [0.15, 0.2) is 0 Å². The maximum Gasteiger partial charge on any atom is 0.339 e. The molecule has 0 aromatic carbocycles. The molecule has 2 aromatic heterocycles. The van der Waals surface area contributed by atoms with Gasteiger partial charge in [0.25, 0.3) is 0 Å². The highest BCUT2D eigenvalue weighted by atomic mass is 16.2. The normalized spacial score (nSPS) is 10.4. The Morgan fingerprint density at radius 1 is 1.43 bits per heavy atom. The van der Waals surface area contributed by atoms with Crippen LogP contribution in [-0.2, 0) is 0 Å². The summed E-state index contributed by atoms with van der Waals surface area (Å²) in [6.07, 6.45) is 6.35. The second-order valence-electron chi connectivity index (χ2n) is 3.05. The van der Waals surface area contributed by atoms with Crippen LogP contribution in [0, 0.1) is 13.8 Å². The number of rotatable bonds is 0. The van der Waals surface area contributed by atoms with Crippen molar-refractivity contribution >= 4 is 6.03 Å². The average molecular weight is 190 g/mol. The maximum absolute atomic E-state index is 11.8. The number of hydrogen-bond donors (Lipinski definition) is 0. The van der Waals surface area contributed by atoms with Gasteiger partial charge in [-0.25, -0.2) is 14.8 Å². The molecule has 2 heterocycles. The van der Waals surface area contributed by atoms with Gasteiger partial charge in [-0.05, 0) is 13.8 Å². The average Bonchev–Trinajstić information content (AvgIpc) is 2.73. The molecule has 2 aromatic rings. The summed E-state index contributed by atoms with van der Waals surface area (Å²) in [5.41, 5.74) is 0.830. The lowest BCUT2D eigenvalue weighted by atomic mass is 10.6. The topological polar surface area (TPSA) is 52.7 Å². The SMILES string of the molecule is Cc1cn(C(=O)n2ccnc2)c(C)n1. The Kier molecular flexibility index (Phi) is 1.92. The standard InChI is InChI=1S/C9H10N4O/c1-7-5-13(8(2)11-7)9(14)12-4-3-10-6-12/h3-6H,1-2H3. The summed E-state index contributed by atoms with van der Waals surface area (Å²) in [6, 6.07) is -0.166. The van der Waals surface area contributed by atoms with E-state index in [0.29, 0.717) is 5.82 Å². The summed E-state index contributed by atoms with van der Waals surface area (Å²) in [4.78, 5) is 19.8. The Morgan fingerprint density at radius 2 is 2.21 bits per heavy atom. The first kappa shape index (κ1) is 8.68. The van der Waals surface area contributed by atoms with Gasteiger partial charge >= 0.3 is 6.03 Å². The van der Waals surface area contributed by atoms with Crippen molar-refractivity contribution in [2.45, 2.75) is 13.8 Å². The molecular formula is C9H10N4O. The van der Waals surface area contributed by atoms with Crippen LogP contribution < -0.4 is 0 Å². The Balaban J connectivity index is 2.41. The lowest BCUT2D eigenvalue weighted by molar-refractivity contribution is 0.243. The first-order chi connectivity index (χ1) is 6.68. The molecule has 0 fully saturated rings. The molecule has 5 nitrogen and oxygen atoms in total. The Hall–Kier alpha value is -1.91. The van der Waals surface area contributed by atoms with E-state index in [1.54, 1.807) is 25.5 Å². The fourth-order valence-electron chi connectivity index (χ4n) is 1.31. The van der Waals surface area contributed by atoms with Gasteiger partial charge in [-0.15, -0.1) is 0 Å². The van der Waals surface area contributed by atoms with Crippen molar-refractivity contribution in [3.63, 3.8) is 0 Å². The quantitative estimate of drug-likeness (QED) is 0.627. The molecule has 0 saturated carbocycles. The molecule has 14 heavy (non-hydrogen) atoms. The molecule has 72 valence electrons. The highest BCUT2D eigenvalue weighted by Gasteiger charge is 2.10. The van der Waals surface area contributed by atoms with E-state index < -0.39 is 0 Å². The number of imidazole rings is 2. The number of aryl methyl sites for hydroxylation is 2. The smallest absolute Gasteiger partial charge is 0.257 e. The van der Waals surface area contributed by atoms with Crippen molar-refractivity contribution in [3.05, 3.63) is 36.4 Å². The molecule has 0 amide bonds. The largest absolute Gasteiger partial charge is 0.339 e. The molecule has 0 saturated heterocycles. The van der Waals surface area contributed by atoms with Crippen molar-refractivity contribution in [1.29, 1.82) is 0 Å². The zero-order valence-corrected chi connectivity index (χ0v) is 8.01. The van der Waals surface area contributed by atoms with Gasteiger partial charge in [-0.1, -0.05) is 0 Å². The number of hydrogen-bond acceptors (Lipinski definition) is 3. The second kappa shape index (κ2) is 3.10. The zero-order valence-electron chi connectivity index (χ0n) is 8.01. The van der Waals surface area contributed by atoms with Gasteiger partial charge in [-0.3, -0.25) is 9.13 Å². The molecule has 0 spiro atoms. The predicted molar refractivity (Wildman–Crippen MR) is 50.1 cm³/mol. The summed E-state index contributed by atoms with van der Waals surface area (Å²) in [5, 5.41) is 0. The highest BCUT2D eigenvalue weighted by Crippen LogP contribution is 2.02. The number of nitrogens with zero attached hydrogens (tertiary/aromatic N) is 4. The fourth-order valence-corrected chi connectivity index (χ4v) is 1.31. The summed E-state index contributed by atoms with van der Waals surface area (Å²) in [5.74, 6) is 0.682. The van der Waals surface area contributed by atoms with Crippen LogP contribution >= 0.6 is 0 Å². The number of carbonyl (C=O) groups excluding carboxylic acids is 1. The van der Waals surface area contributed by atoms with Crippen molar-refractivity contribution < 1.29 is 4.79 Å². The Morgan fingerprint density at radius 3 is 2.71 bits per heavy atom. The predicted octanol–water partition coefficient (Wildman–Crippen LogP) is 1.21. The van der Waals surface area contributed by atoms with E-state index in [1.807, 2.05) is 6.92 Å². The third kappa shape index (κ3) is 1.32. The van der Waals surface area contributed by atoms with Crippen LogP contribution in [0.25, 0.3) is 0 Å². The van der Waals surface area contributed by atoms with Crippen LogP contribution in [0.1, 0.15) is 11.5 Å². The van der Waals surface area contributed by atoms with Crippen molar-refractivity contribution in [1.82, 2.24) is 19.1 Å². The van der Waals surface area contributed by atoms with Crippen LogP contribution in [0.4, 0.5) is 4.79 Å². The Bertz CT molecular complexity index is 455. The molecule has 0 radical (unpaired) electrons. The van der Waals surface area contributed by atoms with E-state index in [-0.39, 0.29) is 6.03 Å². The second-order valence-corrected chi connectivity index (χ2v) is 3.05. The molecule has 0 bridgehead atoms. The van der Waals surface area contributed by atoms with Crippen molar-refractivity contribution in [2.75, 3.05) is 0 Å². The third-order valence-electron chi connectivity index (χ3n) is 1.93. The summed E-state index contributed by atoms with van der Waals surface area (Å²) >= 11 is 0. The van der Waals surface area contributed by atoms with Gasteiger partial charge < -0.3 is 0 Å². The minimum Gasteiger partial charge on any atom is -0.257 e. The molecule has 0 aliphatic rings. The van der Waals surface area contributed by atoms with E-state index in [9.17, 15) is 4.79 Å². The van der Waals surface area contributed by atoms with E-state index >= 15 is 0 Å². The number of aromatic nitrogens is 4. The Labute approximate surface area is 81.0 Å². The van der Waals surface area contributed by atoms with Crippen molar-refractivity contribution in [3.8, 4) is 0 Å². The molecule has 0 aliphatic carbocycles. The van der Waals surface area contributed by atoms with Crippen molar-refractivity contribution in [2.24, 2.45) is 0 Å². The van der Waals surface area contributed by atoms with E-state index in [4.69, 9.17) is 0 Å².